The number of rotatable bonds is 6. The molecular weight excluding hydrogens is 287 g/mol. The maximum atomic E-state index is 12.8. The first-order valence-corrected chi connectivity index (χ1v) is 7.31. The standard InChI is InChI=1S/C15H15FN4S/c1-3-10-21-15-18-14(11(2)19-20-15)8-9-17-13-6-4-12(16)5-7-13/h3-9,17H,1,10H2,2H3/b9-8+. The topological polar surface area (TPSA) is 50.7 Å². The monoisotopic (exact) mass is 302 g/mol. The molecule has 0 amide bonds. The lowest BCUT2D eigenvalue weighted by atomic mass is 10.3. The molecule has 6 heteroatoms. The Morgan fingerprint density at radius 1 is 1.29 bits per heavy atom. The van der Waals surface area contributed by atoms with E-state index in [-0.39, 0.29) is 5.82 Å². The molecule has 1 heterocycles. The molecular formula is C15H15FN4S. The van der Waals surface area contributed by atoms with Crippen molar-refractivity contribution >= 4 is 23.5 Å². The zero-order valence-corrected chi connectivity index (χ0v) is 12.4. The van der Waals surface area contributed by atoms with Gasteiger partial charge in [-0.05, 0) is 37.3 Å². The van der Waals surface area contributed by atoms with E-state index in [4.69, 9.17) is 0 Å². The summed E-state index contributed by atoms with van der Waals surface area (Å²) >= 11 is 1.48. The van der Waals surface area contributed by atoms with Gasteiger partial charge in [0.15, 0.2) is 0 Å². The minimum atomic E-state index is -0.260. The molecule has 1 aromatic carbocycles. The highest BCUT2D eigenvalue weighted by molar-refractivity contribution is 7.99. The van der Waals surface area contributed by atoms with Crippen LogP contribution < -0.4 is 5.32 Å². The third-order valence-corrected chi connectivity index (χ3v) is 3.37. The fraction of sp³-hybridized carbons (Fsp3) is 0.133. The molecule has 0 saturated heterocycles. The van der Waals surface area contributed by atoms with Gasteiger partial charge in [-0.25, -0.2) is 9.37 Å². The Kier molecular flexibility index (Phi) is 5.45. The summed E-state index contributed by atoms with van der Waals surface area (Å²) in [4.78, 5) is 4.41. The number of aromatic nitrogens is 3. The van der Waals surface area contributed by atoms with Crippen LogP contribution in [0.1, 0.15) is 11.4 Å². The lowest BCUT2D eigenvalue weighted by molar-refractivity contribution is 0.628. The molecule has 21 heavy (non-hydrogen) atoms. The van der Waals surface area contributed by atoms with Crippen LogP contribution in [0.2, 0.25) is 0 Å². The van der Waals surface area contributed by atoms with Gasteiger partial charge in [-0.1, -0.05) is 17.8 Å². The first-order chi connectivity index (χ1) is 10.2. The number of benzene rings is 1. The van der Waals surface area contributed by atoms with Gasteiger partial charge < -0.3 is 5.32 Å². The molecule has 1 aromatic heterocycles. The van der Waals surface area contributed by atoms with Crippen LogP contribution in [0.4, 0.5) is 10.1 Å². The number of hydrogen-bond donors (Lipinski definition) is 1. The van der Waals surface area contributed by atoms with Crippen LogP contribution in [0.15, 0.2) is 48.3 Å². The third kappa shape index (κ3) is 4.68. The molecule has 0 radical (unpaired) electrons. The van der Waals surface area contributed by atoms with E-state index in [1.165, 1.54) is 23.9 Å². The SMILES string of the molecule is C=CCSc1nnc(C)c(/C=C/Nc2ccc(F)cc2)n1. The number of thioether (sulfide) groups is 1. The molecule has 0 saturated carbocycles. The maximum Gasteiger partial charge on any atom is 0.209 e. The van der Waals surface area contributed by atoms with Crippen molar-refractivity contribution in [3.63, 3.8) is 0 Å². The van der Waals surface area contributed by atoms with Crippen LogP contribution in [-0.4, -0.2) is 20.9 Å². The Hall–Kier alpha value is -2.21. The van der Waals surface area contributed by atoms with Crippen molar-refractivity contribution in [1.29, 1.82) is 0 Å². The van der Waals surface area contributed by atoms with Gasteiger partial charge in [0.05, 0.1) is 11.4 Å². The minimum absolute atomic E-state index is 0.260. The first kappa shape index (κ1) is 15.2. The van der Waals surface area contributed by atoms with E-state index in [1.54, 1.807) is 24.4 Å². The van der Waals surface area contributed by atoms with Crippen molar-refractivity contribution in [2.75, 3.05) is 11.1 Å². The second-order valence-electron chi connectivity index (χ2n) is 4.15. The highest BCUT2D eigenvalue weighted by Crippen LogP contribution is 2.14. The second-order valence-corrected chi connectivity index (χ2v) is 5.14. The second kappa shape index (κ2) is 7.54. The quantitative estimate of drug-likeness (QED) is 0.651. The van der Waals surface area contributed by atoms with Crippen molar-refractivity contribution in [1.82, 2.24) is 15.2 Å². The molecule has 0 fully saturated rings. The molecule has 0 spiro atoms. The van der Waals surface area contributed by atoms with E-state index in [0.717, 1.165) is 22.8 Å². The third-order valence-electron chi connectivity index (χ3n) is 2.54. The molecule has 1 N–H and O–H groups in total. The van der Waals surface area contributed by atoms with E-state index in [2.05, 4.69) is 27.1 Å². The minimum Gasteiger partial charge on any atom is -0.362 e. The number of halogens is 1. The molecule has 0 aliphatic carbocycles. The Labute approximate surface area is 127 Å². The Morgan fingerprint density at radius 3 is 2.76 bits per heavy atom. The average molecular weight is 302 g/mol. The van der Waals surface area contributed by atoms with Gasteiger partial charge in [-0.15, -0.1) is 11.7 Å². The van der Waals surface area contributed by atoms with E-state index in [0.29, 0.717) is 5.16 Å². The zero-order valence-electron chi connectivity index (χ0n) is 11.6. The predicted molar refractivity (Wildman–Crippen MR) is 84.5 cm³/mol. The van der Waals surface area contributed by atoms with Crippen LogP contribution in [0.3, 0.4) is 0 Å². The summed E-state index contributed by atoms with van der Waals surface area (Å²) in [6.07, 6.45) is 5.34. The van der Waals surface area contributed by atoms with Gasteiger partial charge >= 0.3 is 0 Å². The average Bonchev–Trinajstić information content (AvgIpc) is 2.50. The van der Waals surface area contributed by atoms with Crippen molar-refractivity contribution in [3.8, 4) is 0 Å². The Morgan fingerprint density at radius 2 is 2.05 bits per heavy atom. The summed E-state index contributed by atoms with van der Waals surface area (Å²) in [6, 6.07) is 6.13. The largest absolute Gasteiger partial charge is 0.362 e. The van der Waals surface area contributed by atoms with E-state index >= 15 is 0 Å². The van der Waals surface area contributed by atoms with Gasteiger partial charge in [0.1, 0.15) is 5.82 Å². The maximum absolute atomic E-state index is 12.8. The number of nitrogens with zero attached hydrogens (tertiary/aromatic N) is 3. The van der Waals surface area contributed by atoms with E-state index in [9.17, 15) is 4.39 Å². The van der Waals surface area contributed by atoms with Crippen molar-refractivity contribution in [2.24, 2.45) is 0 Å². The molecule has 2 aromatic rings. The van der Waals surface area contributed by atoms with E-state index < -0.39 is 0 Å². The van der Waals surface area contributed by atoms with Gasteiger partial charge in [0.25, 0.3) is 0 Å². The first-order valence-electron chi connectivity index (χ1n) is 6.32. The summed E-state index contributed by atoms with van der Waals surface area (Å²) in [7, 11) is 0. The lowest BCUT2D eigenvalue weighted by Crippen LogP contribution is -1.99. The molecule has 0 unspecified atom stereocenters. The molecule has 0 atom stereocenters. The van der Waals surface area contributed by atoms with Crippen LogP contribution in [0, 0.1) is 12.7 Å². The number of nitrogens with one attached hydrogen (secondary N) is 1. The van der Waals surface area contributed by atoms with Crippen LogP contribution in [-0.2, 0) is 0 Å². The fourth-order valence-electron chi connectivity index (χ4n) is 1.49. The Bertz CT molecular complexity index is 641. The lowest BCUT2D eigenvalue weighted by Gasteiger charge is -2.02. The molecule has 108 valence electrons. The van der Waals surface area contributed by atoms with Gasteiger partial charge in [0, 0.05) is 17.6 Å². The molecule has 0 bridgehead atoms. The molecule has 0 aliphatic rings. The summed E-state index contributed by atoms with van der Waals surface area (Å²) in [5.74, 6) is 0.478. The van der Waals surface area contributed by atoms with Crippen molar-refractivity contribution in [3.05, 3.63) is 60.3 Å². The molecule has 2 rings (SSSR count). The van der Waals surface area contributed by atoms with Crippen molar-refractivity contribution < 1.29 is 4.39 Å². The number of anilines is 1. The molecule has 0 aliphatic heterocycles. The highest BCUT2D eigenvalue weighted by atomic mass is 32.2. The van der Waals surface area contributed by atoms with Gasteiger partial charge in [-0.3, -0.25) is 0 Å². The Balaban J connectivity index is 2.05. The number of aryl methyl sites for hydroxylation is 1. The normalized spacial score (nSPS) is 10.8. The van der Waals surface area contributed by atoms with Gasteiger partial charge in [-0.2, -0.15) is 5.10 Å². The van der Waals surface area contributed by atoms with Crippen molar-refractivity contribution in [2.45, 2.75) is 12.1 Å². The number of hydrogen-bond acceptors (Lipinski definition) is 5. The summed E-state index contributed by atoms with van der Waals surface area (Å²) in [5, 5.41) is 11.7. The zero-order chi connectivity index (χ0) is 15.1. The molecule has 4 nitrogen and oxygen atoms in total. The van der Waals surface area contributed by atoms with Gasteiger partial charge in [0.2, 0.25) is 5.16 Å². The van der Waals surface area contributed by atoms with Crippen LogP contribution in [0.25, 0.3) is 6.08 Å². The van der Waals surface area contributed by atoms with Crippen LogP contribution in [0.5, 0.6) is 0 Å². The van der Waals surface area contributed by atoms with Crippen LogP contribution >= 0.6 is 11.8 Å². The smallest absolute Gasteiger partial charge is 0.209 e. The predicted octanol–water partition coefficient (Wildman–Crippen LogP) is 3.68. The highest BCUT2D eigenvalue weighted by Gasteiger charge is 2.02. The van der Waals surface area contributed by atoms with E-state index in [1.807, 2.05) is 13.0 Å². The fourth-order valence-corrected chi connectivity index (χ4v) is 2.02. The summed E-state index contributed by atoms with van der Waals surface area (Å²) in [6.45, 7) is 5.50. The summed E-state index contributed by atoms with van der Waals surface area (Å²) < 4.78 is 12.8. The summed E-state index contributed by atoms with van der Waals surface area (Å²) in [5.41, 5.74) is 2.29.